The van der Waals surface area contributed by atoms with Gasteiger partial charge in [-0.25, -0.2) is 12.8 Å². The van der Waals surface area contributed by atoms with E-state index in [1.54, 1.807) is 23.6 Å². The van der Waals surface area contributed by atoms with Gasteiger partial charge < -0.3 is 5.32 Å². The Bertz CT molecular complexity index is 1030. The number of hydrogen-bond acceptors (Lipinski definition) is 4. The molecule has 0 unspecified atom stereocenters. The third-order valence-electron chi connectivity index (χ3n) is 4.09. The van der Waals surface area contributed by atoms with Crippen molar-refractivity contribution >= 4 is 38.6 Å². The normalized spacial score (nSPS) is 11.2. The molecule has 1 heterocycles. The Labute approximate surface area is 167 Å². The van der Waals surface area contributed by atoms with Gasteiger partial charge in [-0.1, -0.05) is 25.1 Å². The molecule has 0 fully saturated rings. The molecule has 5 nitrogen and oxygen atoms in total. The number of sulfonamides is 1. The number of aryl methyl sites for hydroxylation is 1. The van der Waals surface area contributed by atoms with Crippen molar-refractivity contribution in [2.24, 2.45) is 0 Å². The van der Waals surface area contributed by atoms with Gasteiger partial charge in [0.2, 0.25) is 5.91 Å². The van der Waals surface area contributed by atoms with Crippen molar-refractivity contribution in [1.82, 2.24) is 0 Å². The molecule has 3 aromatic rings. The highest BCUT2D eigenvalue weighted by atomic mass is 32.2. The number of amides is 1. The first kappa shape index (κ1) is 20.0. The first-order valence-corrected chi connectivity index (χ1v) is 10.9. The van der Waals surface area contributed by atoms with E-state index in [-0.39, 0.29) is 9.90 Å². The molecule has 28 heavy (non-hydrogen) atoms. The Morgan fingerprint density at radius 1 is 1.07 bits per heavy atom. The van der Waals surface area contributed by atoms with Crippen LogP contribution >= 0.6 is 11.3 Å². The summed E-state index contributed by atoms with van der Waals surface area (Å²) in [7, 11) is -3.95. The summed E-state index contributed by atoms with van der Waals surface area (Å²) in [5, 5.41) is 4.35. The lowest BCUT2D eigenvalue weighted by Crippen LogP contribution is -2.37. The van der Waals surface area contributed by atoms with Gasteiger partial charge in [0.1, 0.15) is 16.6 Å². The molecule has 0 aliphatic carbocycles. The van der Waals surface area contributed by atoms with Crippen LogP contribution in [-0.4, -0.2) is 20.9 Å². The molecule has 1 amide bonds. The number of rotatable bonds is 7. The van der Waals surface area contributed by atoms with Crippen LogP contribution in [0.3, 0.4) is 0 Å². The number of halogens is 1. The number of hydrogen-bond donors (Lipinski definition) is 1. The smallest absolute Gasteiger partial charge is 0.274 e. The maximum absolute atomic E-state index is 13.3. The number of nitrogens with one attached hydrogen (secondary N) is 1. The van der Waals surface area contributed by atoms with E-state index in [0.717, 1.165) is 39.8 Å². The van der Waals surface area contributed by atoms with Crippen molar-refractivity contribution in [2.75, 3.05) is 16.2 Å². The van der Waals surface area contributed by atoms with Gasteiger partial charge in [0.05, 0.1) is 5.69 Å². The Kier molecular flexibility index (Phi) is 6.11. The number of carbonyl (C=O) groups excluding carboxylic acids is 1. The van der Waals surface area contributed by atoms with Gasteiger partial charge in [-0.3, -0.25) is 9.10 Å². The third-order valence-corrected chi connectivity index (χ3v) is 7.23. The van der Waals surface area contributed by atoms with Gasteiger partial charge in [0.15, 0.2) is 0 Å². The molecule has 0 saturated heterocycles. The number of benzene rings is 2. The van der Waals surface area contributed by atoms with Crippen LogP contribution < -0.4 is 9.62 Å². The van der Waals surface area contributed by atoms with Crippen LogP contribution in [0.25, 0.3) is 0 Å². The van der Waals surface area contributed by atoms with Gasteiger partial charge in [0, 0.05) is 5.69 Å². The third kappa shape index (κ3) is 4.58. The zero-order chi connectivity index (χ0) is 20.1. The van der Waals surface area contributed by atoms with Crippen LogP contribution in [0.15, 0.2) is 70.3 Å². The summed E-state index contributed by atoms with van der Waals surface area (Å²) in [5.74, 6) is -0.980. The molecule has 0 spiro atoms. The van der Waals surface area contributed by atoms with Crippen molar-refractivity contribution in [1.29, 1.82) is 0 Å². The maximum atomic E-state index is 13.3. The van der Waals surface area contributed by atoms with Crippen LogP contribution in [0, 0.1) is 5.82 Å². The van der Waals surface area contributed by atoms with Crippen LogP contribution in [0.5, 0.6) is 0 Å². The van der Waals surface area contributed by atoms with Crippen molar-refractivity contribution in [3.63, 3.8) is 0 Å². The number of thiophene rings is 1. The van der Waals surface area contributed by atoms with Crippen LogP contribution in [0.1, 0.15) is 12.5 Å². The summed E-state index contributed by atoms with van der Waals surface area (Å²) in [6.45, 7) is 1.60. The highest BCUT2D eigenvalue weighted by Crippen LogP contribution is 2.26. The van der Waals surface area contributed by atoms with Crippen molar-refractivity contribution in [3.8, 4) is 0 Å². The molecule has 3 rings (SSSR count). The van der Waals surface area contributed by atoms with Crippen LogP contribution in [0.4, 0.5) is 15.8 Å². The fourth-order valence-corrected chi connectivity index (χ4v) is 5.12. The SMILES string of the molecule is CCc1ccc(NC(=O)CN(c2ccc(F)cc2)S(=O)(=O)c2cccs2)cc1. The average molecular weight is 419 g/mol. The lowest BCUT2D eigenvalue weighted by Gasteiger charge is -2.23. The molecular formula is C20H19FN2O3S2. The molecule has 0 bridgehead atoms. The Morgan fingerprint density at radius 2 is 1.75 bits per heavy atom. The Morgan fingerprint density at radius 3 is 2.32 bits per heavy atom. The molecule has 1 N–H and O–H groups in total. The first-order chi connectivity index (χ1) is 13.4. The first-order valence-electron chi connectivity index (χ1n) is 8.61. The zero-order valence-corrected chi connectivity index (χ0v) is 16.8. The van der Waals surface area contributed by atoms with E-state index in [9.17, 15) is 17.6 Å². The predicted octanol–water partition coefficient (Wildman–Crippen LogP) is 4.28. The summed E-state index contributed by atoms with van der Waals surface area (Å²) < 4.78 is 40.4. The molecule has 2 aromatic carbocycles. The van der Waals surface area contributed by atoms with E-state index < -0.39 is 28.3 Å². The molecule has 0 atom stereocenters. The van der Waals surface area contributed by atoms with Crippen molar-refractivity contribution < 1.29 is 17.6 Å². The summed E-state index contributed by atoms with van der Waals surface area (Å²) in [6.07, 6.45) is 0.881. The molecule has 0 aliphatic rings. The average Bonchev–Trinajstić information content (AvgIpc) is 3.23. The number of nitrogens with zero attached hydrogens (tertiary/aromatic N) is 1. The minimum atomic E-state index is -3.95. The number of carbonyl (C=O) groups is 1. The van der Waals surface area contributed by atoms with E-state index in [0.29, 0.717) is 5.69 Å². The largest absolute Gasteiger partial charge is 0.325 e. The standard InChI is InChI=1S/C20H19FN2O3S2/c1-2-15-5-9-17(10-6-15)22-19(24)14-23(18-11-7-16(21)8-12-18)28(25,26)20-4-3-13-27-20/h3-13H,2,14H2,1H3,(H,22,24). The Hall–Kier alpha value is -2.71. The second-order valence-corrected chi connectivity index (χ2v) is 9.06. The van der Waals surface area contributed by atoms with Crippen LogP contribution in [0.2, 0.25) is 0 Å². The second kappa shape index (κ2) is 8.53. The van der Waals surface area contributed by atoms with Gasteiger partial charge in [-0.15, -0.1) is 11.3 Å². The molecular weight excluding hydrogens is 399 g/mol. The van der Waals surface area contributed by atoms with Gasteiger partial charge >= 0.3 is 0 Å². The van der Waals surface area contributed by atoms with E-state index in [1.165, 1.54) is 18.2 Å². The summed E-state index contributed by atoms with van der Waals surface area (Å²) >= 11 is 1.06. The molecule has 146 valence electrons. The van der Waals surface area contributed by atoms with Crippen molar-refractivity contribution in [3.05, 3.63) is 77.4 Å². The summed E-state index contributed by atoms with van der Waals surface area (Å²) in [5.41, 5.74) is 1.92. The molecule has 0 saturated carbocycles. The minimum Gasteiger partial charge on any atom is -0.325 e. The predicted molar refractivity (Wildman–Crippen MR) is 110 cm³/mol. The highest BCUT2D eigenvalue weighted by molar-refractivity contribution is 7.94. The molecule has 0 radical (unpaired) electrons. The Balaban J connectivity index is 1.86. The fraction of sp³-hybridized carbons (Fsp3) is 0.150. The van der Waals surface area contributed by atoms with E-state index in [1.807, 2.05) is 19.1 Å². The quantitative estimate of drug-likeness (QED) is 0.623. The zero-order valence-electron chi connectivity index (χ0n) is 15.1. The lowest BCUT2D eigenvalue weighted by molar-refractivity contribution is -0.114. The highest BCUT2D eigenvalue weighted by Gasteiger charge is 2.28. The monoisotopic (exact) mass is 418 g/mol. The number of anilines is 2. The summed E-state index contributed by atoms with van der Waals surface area (Å²) in [6, 6.07) is 15.4. The molecule has 0 aliphatic heterocycles. The minimum absolute atomic E-state index is 0.108. The van der Waals surface area contributed by atoms with E-state index in [4.69, 9.17) is 0 Å². The summed E-state index contributed by atoms with van der Waals surface area (Å²) in [4.78, 5) is 12.5. The molecule has 1 aromatic heterocycles. The van der Waals surface area contributed by atoms with E-state index >= 15 is 0 Å². The van der Waals surface area contributed by atoms with Gasteiger partial charge in [0.25, 0.3) is 10.0 Å². The lowest BCUT2D eigenvalue weighted by atomic mass is 10.1. The molecule has 8 heteroatoms. The maximum Gasteiger partial charge on any atom is 0.274 e. The fourth-order valence-electron chi connectivity index (χ4n) is 2.60. The van der Waals surface area contributed by atoms with Gasteiger partial charge in [-0.2, -0.15) is 0 Å². The topological polar surface area (TPSA) is 66.5 Å². The van der Waals surface area contributed by atoms with Crippen LogP contribution in [-0.2, 0) is 21.2 Å². The van der Waals surface area contributed by atoms with E-state index in [2.05, 4.69) is 5.32 Å². The second-order valence-electron chi connectivity index (χ2n) is 6.02. The van der Waals surface area contributed by atoms with Crippen molar-refractivity contribution in [2.45, 2.75) is 17.6 Å². The van der Waals surface area contributed by atoms with Gasteiger partial charge in [-0.05, 0) is 59.8 Å².